The highest BCUT2D eigenvalue weighted by Gasteiger charge is 2.09. The molecular weight excluding hydrogens is 305 g/mol. The van der Waals surface area contributed by atoms with Gasteiger partial charge in [0.05, 0.1) is 0 Å². The number of aryl methyl sites for hydroxylation is 2. The fourth-order valence-electron chi connectivity index (χ4n) is 2.19. The molecule has 2 aromatic rings. The van der Waals surface area contributed by atoms with Crippen LogP contribution >= 0.6 is 15.9 Å². The summed E-state index contributed by atoms with van der Waals surface area (Å²) in [4.78, 5) is 0. The molecule has 2 aromatic carbocycles. The summed E-state index contributed by atoms with van der Waals surface area (Å²) in [6.45, 7) is 6.24. The van der Waals surface area contributed by atoms with Crippen molar-refractivity contribution in [1.29, 1.82) is 0 Å². The third-order valence-corrected chi connectivity index (χ3v) is 3.69. The molecule has 100 valence electrons. The lowest BCUT2D eigenvalue weighted by Crippen LogP contribution is -2.09. The first kappa shape index (κ1) is 14.1. The van der Waals surface area contributed by atoms with Crippen molar-refractivity contribution in [3.05, 3.63) is 63.4 Å². The Bertz CT molecular complexity index is 555. The van der Waals surface area contributed by atoms with Gasteiger partial charge in [0.15, 0.2) is 0 Å². The molecule has 0 fully saturated rings. The lowest BCUT2D eigenvalue weighted by molar-refractivity contribution is 0.626. The third-order valence-electron chi connectivity index (χ3n) is 3.23. The lowest BCUT2D eigenvalue weighted by Gasteiger charge is -2.19. The fourth-order valence-corrected chi connectivity index (χ4v) is 2.88. The van der Waals surface area contributed by atoms with Gasteiger partial charge in [-0.15, -0.1) is 0 Å². The van der Waals surface area contributed by atoms with Crippen molar-refractivity contribution in [2.75, 3.05) is 5.32 Å². The number of rotatable bonds is 3. The first-order valence-corrected chi connectivity index (χ1v) is 7.05. The molecule has 0 aliphatic heterocycles. The SMILES string of the molecule is Cc1cc(Br)cc(C)c1NC(C)c1ccc(F)cc1. The van der Waals surface area contributed by atoms with E-state index in [1.807, 2.05) is 12.1 Å². The van der Waals surface area contributed by atoms with Crippen LogP contribution in [-0.4, -0.2) is 0 Å². The van der Waals surface area contributed by atoms with Gasteiger partial charge in [0.1, 0.15) is 5.82 Å². The second kappa shape index (κ2) is 5.74. The number of anilines is 1. The standard InChI is InChI=1S/C16H17BrFN/c1-10-8-14(17)9-11(2)16(10)19-12(3)13-4-6-15(18)7-5-13/h4-9,12,19H,1-3H3. The molecule has 1 N–H and O–H groups in total. The average Bonchev–Trinajstić information content (AvgIpc) is 2.34. The topological polar surface area (TPSA) is 12.0 Å². The molecule has 1 nitrogen and oxygen atoms in total. The van der Waals surface area contributed by atoms with Crippen LogP contribution in [0.25, 0.3) is 0 Å². The van der Waals surface area contributed by atoms with Crippen LogP contribution in [0.1, 0.15) is 29.7 Å². The molecule has 1 atom stereocenters. The van der Waals surface area contributed by atoms with Gasteiger partial charge >= 0.3 is 0 Å². The number of nitrogens with one attached hydrogen (secondary N) is 1. The molecule has 0 aromatic heterocycles. The Balaban J connectivity index is 2.24. The van der Waals surface area contributed by atoms with Gasteiger partial charge < -0.3 is 5.32 Å². The van der Waals surface area contributed by atoms with E-state index in [0.717, 1.165) is 15.7 Å². The molecule has 0 aliphatic carbocycles. The van der Waals surface area contributed by atoms with Gasteiger partial charge in [-0.05, 0) is 61.7 Å². The summed E-state index contributed by atoms with van der Waals surface area (Å²) in [5, 5.41) is 3.50. The monoisotopic (exact) mass is 321 g/mol. The summed E-state index contributed by atoms with van der Waals surface area (Å²) in [6.07, 6.45) is 0. The highest BCUT2D eigenvalue weighted by Crippen LogP contribution is 2.28. The minimum Gasteiger partial charge on any atom is -0.378 e. The van der Waals surface area contributed by atoms with E-state index >= 15 is 0 Å². The highest BCUT2D eigenvalue weighted by atomic mass is 79.9. The molecule has 0 saturated carbocycles. The Labute approximate surface area is 122 Å². The summed E-state index contributed by atoms with van der Waals surface area (Å²) in [5.74, 6) is -0.202. The van der Waals surface area contributed by atoms with Crippen LogP contribution in [0.15, 0.2) is 40.9 Å². The van der Waals surface area contributed by atoms with Crippen molar-refractivity contribution in [2.24, 2.45) is 0 Å². The van der Waals surface area contributed by atoms with Gasteiger partial charge in [0, 0.05) is 16.2 Å². The lowest BCUT2D eigenvalue weighted by atomic mass is 10.0. The predicted molar refractivity (Wildman–Crippen MR) is 82.1 cm³/mol. The van der Waals surface area contributed by atoms with E-state index < -0.39 is 0 Å². The first-order chi connectivity index (χ1) is 8.97. The van der Waals surface area contributed by atoms with Gasteiger partial charge in [0.2, 0.25) is 0 Å². The molecule has 0 saturated heterocycles. The predicted octanol–water partition coefficient (Wildman–Crippen LogP) is 5.38. The molecular formula is C16H17BrFN. The minimum absolute atomic E-state index is 0.138. The second-order valence-corrected chi connectivity index (χ2v) is 5.75. The fraction of sp³-hybridized carbons (Fsp3) is 0.250. The summed E-state index contributed by atoms with van der Waals surface area (Å²) >= 11 is 3.50. The van der Waals surface area contributed by atoms with E-state index in [4.69, 9.17) is 0 Å². The second-order valence-electron chi connectivity index (χ2n) is 4.83. The maximum Gasteiger partial charge on any atom is 0.123 e. The Morgan fingerprint density at radius 2 is 1.58 bits per heavy atom. The van der Waals surface area contributed by atoms with Crippen molar-refractivity contribution >= 4 is 21.6 Å². The van der Waals surface area contributed by atoms with Crippen LogP contribution in [0.2, 0.25) is 0 Å². The summed E-state index contributed by atoms with van der Waals surface area (Å²) < 4.78 is 14.0. The molecule has 19 heavy (non-hydrogen) atoms. The maximum absolute atomic E-state index is 12.9. The minimum atomic E-state index is -0.202. The smallest absolute Gasteiger partial charge is 0.123 e. The molecule has 3 heteroatoms. The number of benzene rings is 2. The summed E-state index contributed by atoms with van der Waals surface area (Å²) in [5.41, 5.74) is 4.60. The van der Waals surface area contributed by atoms with Crippen LogP contribution in [0, 0.1) is 19.7 Å². The molecule has 0 heterocycles. The van der Waals surface area contributed by atoms with Crippen molar-refractivity contribution in [2.45, 2.75) is 26.8 Å². The summed E-state index contributed by atoms with van der Waals surface area (Å²) in [7, 11) is 0. The van der Waals surface area contributed by atoms with Crippen molar-refractivity contribution < 1.29 is 4.39 Å². The number of hydrogen-bond acceptors (Lipinski definition) is 1. The summed E-state index contributed by atoms with van der Waals surface area (Å²) in [6, 6.07) is 10.9. The van der Waals surface area contributed by atoms with Crippen LogP contribution < -0.4 is 5.32 Å². The normalized spacial score (nSPS) is 12.3. The Morgan fingerprint density at radius 3 is 2.11 bits per heavy atom. The number of halogens is 2. The van der Waals surface area contributed by atoms with Gasteiger partial charge in [-0.25, -0.2) is 4.39 Å². The van der Waals surface area contributed by atoms with Crippen molar-refractivity contribution in [3.8, 4) is 0 Å². The van der Waals surface area contributed by atoms with Gasteiger partial charge in [0.25, 0.3) is 0 Å². The molecule has 0 spiro atoms. The van der Waals surface area contributed by atoms with E-state index in [1.165, 1.54) is 23.3 Å². The van der Waals surface area contributed by atoms with Crippen LogP contribution in [0.3, 0.4) is 0 Å². The number of hydrogen-bond donors (Lipinski definition) is 1. The van der Waals surface area contributed by atoms with Crippen molar-refractivity contribution in [3.63, 3.8) is 0 Å². The van der Waals surface area contributed by atoms with Gasteiger partial charge in [-0.3, -0.25) is 0 Å². The van der Waals surface area contributed by atoms with Crippen LogP contribution in [0.5, 0.6) is 0 Å². The zero-order chi connectivity index (χ0) is 14.0. The van der Waals surface area contributed by atoms with Crippen LogP contribution in [-0.2, 0) is 0 Å². The molecule has 0 bridgehead atoms. The van der Waals surface area contributed by atoms with E-state index in [-0.39, 0.29) is 11.9 Å². The molecule has 0 radical (unpaired) electrons. The van der Waals surface area contributed by atoms with E-state index in [9.17, 15) is 4.39 Å². The quantitative estimate of drug-likeness (QED) is 0.800. The third kappa shape index (κ3) is 3.35. The Kier molecular flexibility index (Phi) is 4.25. The largest absolute Gasteiger partial charge is 0.378 e. The van der Waals surface area contributed by atoms with E-state index in [0.29, 0.717) is 0 Å². The molecule has 0 amide bonds. The van der Waals surface area contributed by atoms with E-state index in [1.54, 1.807) is 0 Å². The zero-order valence-corrected chi connectivity index (χ0v) is 12.9. The van der Waals surface area contributed by atoms with Gasteiger partial charge in [-0.2, -0.15) is 0 Å². The molecule has 0 aliphatic rings. The zero-order valence-electron chi connectivity index (χ0n) is 11.3. The molecule has 1 unspecified atom stereocenters. The first-order valence-electron chi connectivity index (χ1n) is 6.26. The van der Waals surface area contributed by atoms with Crippen molar-refractivity contribution in [1.82, 2.24) is 0 Å². The van der Waals surface area contributed by atoms with Crippen LogP contribution in [0.4, 0.5) is 10.1 Å². The van der Waals surface area contributed by atoms with E-state index in [2.05, 4.69) is 54.2 Å². The Hall–Kier alpha value is -1.35. The highest BCUT2D eigenvalue weighted by molar-refractivity contribution is 9.10. The molecule has 2 rings (SSSR count). The average molecular weight is 322 g/mol. The maximum atomic E-state index is 12.9. The Morgan fingerprint density at radius 1 is 1.05 bits per heavy atom. The van der Waals surface area contributed by atoms with Gasteiger partial charge in [-0.1, -0.05) is 28.1 Å².